The first-order valence-corrected chi connectivity index (χ1v) is 9.07. The Morgan fingerprint density at radius 2 is 1.90 bits per heavy atom. The molecule has 2 amide bonds. The topological polar surface area (TPSA) is 92.5 Å². The number of ether oxygens (including phenoxy) is 2. The lowest BCUT2D eigenvalue weighted by atomic mass is 10.1. The van der Waals surface area contributed by atoms with Gasteiger partial charge in [-0.05, 0) is 30.2 Å². The summed E-state index contributed by atoms with van der Waals surface area (Å²) in [7, 11) is 3.04. The van der Waals surface area contributed by atoms with Crippen LogP contribution in [0.3, 0.4) is 0 Å². The highest BCUT2D eigenvalue weighted by atomic mass is 16.5. The predicted molar refractivity (Wildman–Crippen MR) is 111 cm³/mol. The van der Waals surface area contributed by atoms with Crippen LogP contribution >= 0.6 is 0 Å². The van der Waals surface area contributed by atoms with E-state index in [-0.39, 0.29) is 12.3 Å². The first-order chi connectivity index (χ1) is 14.1. The molecule has 0 radical (unpaired) electrons. The number of benzene rings is 2. The summed E-state index contributed by atoms with van der Waals surface area (Å²) in [6.45, 7) is 3.72. The standard InChI is InChI=1S/C22H23N3O4/c1-4-7-14-10-15(11-19(28-2)21(14)29-3)22(27)25-24-20(26)12-16-13-23-18-9-6-5-8-17(16)18/h4-6,8-11,13,23H,1,7,12H2,2-3H3,(H,24,26)(H,25,27). The number of methoxy groups -OCH3 is 2. The molecule has 1 heterocycles. The number of carbonyl (C=O) groups is 2. The lowest BCUT2D eigenvalue weighted by molar-refractivity contribution is -0.121. The first kappa shape index (κ1) is 20.0. The van der Waals surface area contributed by atoms with E-state index in [1.807, 2.05) is 24.3 Å². The van der Waals surface area contributed by atoms with Crippen molar-refractivity contribution in [1.29, 1.82) is 0 Å². The van der Waals surface area contributed by atoms with Crippen LogP contribution in [-0.4, -0.2) is 31.0 Å². The minimum Gasteiger partial charge on any atom is -0.493 e. The third-order valence-electron chi connectivity index (χ3n) is 4.52. The van der Waals surface area contributed by atoms with Gasteiger partial charge in [0.05, 0.1) is 20.6 Å². The van der Waals surface area contributed by atoms with Gasteiger partial charge in [0.2, 0.25) is 5.91 Å². The van der Waals surface area contributed by atoms with Crippen LogP contribution in [0.1, 0.15) is 21.5 Å². The number of hydrogen-bond acceptors (Lipinski definition) is 4. The zero-order valence-electron chi connectivity index (χ0n) is 16.4. The van der Waals surface area contributed by atoms with E-state index < -0.39 is 5.91 Å². The molecule has 0 bridgehead atoms. The number of carbonyl (C=O) groups excluding carboxylic acids is 2. The summed E-state index contributed by atoms with van der Waals surface area (Å²) in [5, 5.41) is 0.975. The molecule has 0 fully saturated rings. The average molecular weight is 393 g/mol. The van der Waals surface area contributed by atoms with Crippen LogP contribution in [-0.2, 0) is 17.6 Å². The van der Waals surface area contributed by atoms with Crippen LogP contribution in [0.15, 0.2) is 55.3 Å². The number of hydrazine groups is 1. The second-order valence-electron chi connectivity index (χ2n) is 6.40. The maximum Gasteiger partial charge on any atom is 0.269 e. The van der Waals surface area contributed by atoms with E-state index in [2.05, 4.69) is 22.4 Å². The Bertz CT molecular complexity index is 1060. The van der Waals surface area contributed by atoms with Gasteiger partial charge in [-0.25, -0.2) is 0 Å². The molecule has 2 aromatic carbocycles. The molecule has 29 heavy (non-hydrogen) atoms. The number of H-pyrrole nitrogens is 1. The molecule has 7 nitrogen and oxygen atoms in total. The maximum atomic E-state index is 12.5. The SMILES string of the molecule is C=CCc1cc(C(=O)NNC(=O)Cc2c[nH]c3ccccc23)cc(OC)c1OC. The van der Waals surface area contributed by atoms with Crippen molar-refractivity contribution in [3.63, 3.8) is 0 Å². The fraction of sp³-hybridized carbons (Fsp3) is 0.182. The van der Waals surface area contributed by atoms with Gasteiger partial charge in [0.25, 0.3) is 5.91 Å². The smallest absolute Gasteiger partial charge is 0.269 e. The number of hydrogen-bond donors (Lipinski definition) is 3. The second-order valence-corrected chi connectivity index (χ2v) is 6.40. The summed E-state index contributed by atoms with van der Waals surface area (Å²) in [5.41, 5.74) is 7.82. The number of para-hydroxylation sites is 1. The maximum absolute atomic E-state index is 12.5. The highest BCUT2D eigenvalue weighted by Gasteiger charge is 2.16. The number of rotatable bonds is 7. The normalized spacial score (nSPS) is 10.4. The summed E-state index contributed by atoms with van der Waals surface area (Å²) in [4.78, 5) is 27.9. The molecule has 3 aromatic rings. The molecular formula is C22H23N3O4. The van der Waals surface area contributed by atoms with Gasteiger partial charge in [0, 0.05) is 28.2 Å². The van der Waals surface area contributed by atoms with Crippen LogP contribution < -0.4 is 20.3 Å². The highest BCUT2D eigenvalue weighted by Crippen LogP contribution is 2.33. The largest absolute Gasteiger partial charge is 0.493 e. The molecule has 3 N–H and O–H groups in total. The molecule has 3 rings (SSSR count). The van der Waals surface area contributed by atoms with Gasteiger partial charge >= 0.3 is 0 Å². The minimum atomic E-state index is -0.455. The van der Waals surface area contributed by atoms with Crippen molar-refractivity contribution in [3.8, 4) is 11.5 Å². The third kappa shape index (κ3) is 4.40. The monoisotopic (exact) mass is 393 g/mol. The molecule has 0 spiro atoms. The van der Waals surface area contributed by atoms with Gasteiger partial charge in [-0.15, -0.1) is 6.58 Å². The Hall–Kier alpha value is -3.74. The molecule has 0 unspecified atom stereocenters. The highest BCUT2D eigenvalue weighted by molar-refractivity contribution is 5.97. The lowest BCUT2D eigenvalue weighted by Crippen LogP contribution is -2.42. The van der Waals surface area contributed by atoms with Crippen molar-refractivity contribution in [3.05, 3.63) is 71.9 Å². The van der Waals surface area contributed by atoms with Gasteiger partial charge in [-0.1, -0.05) is 24.3 Å². The fourth-order valence-electron chi connectivity index (χ4n) is 3.18. The van der Waals surface area contributed by atoms with Crippen LogP contribution in [0.2, 0.25) is 0 Å². The molecule has 0 aliphatic rings. The quantitative estimate of drug-likeness (QED) is 0.425. The Balaban J connectivity index is 1.69. The average Bonchev–Trinajstić information content (AvgIpc) is 3.14. The number of fused-ring (bicyclic) bond motifs is 1. The summed E-state index contributed by atoms with van der Waals surface area (Å²) in [6, 6.07) is 11.0. The van der Waals surface area contributed by atoms with E-state index in [9.17, 15) is 9.59 Å². The van der Waals surface area contributed by atoms with E-state index >= 15 is 0 Å². The Morgan fingerprint density at radius 3 is 2.62 bits per heavy atom. The van der Waals surface area contributed by atoms with E-state index in [0.29, 0.717) is 23.5 Å². The van der Waals surface area contributed by atoms with Gasteiger partial charge in [-0.2, -0.15) is 0 Å². The number of aromatic amines is 1. The van der Waals surface area contributed by atoms with Crippen LogP contribution in [0, 0.1) is 0 Å². The van der Waals surface area contributed by atoms with E-state index in [1.165, 1.54) is 14.2 Å². The molecule has 150 valence electrons. The van der Waals surface area contributed by atoms with Crippen molar-refractivity contribution < 1.29 is 19.1 Å². The molecule has 0 saturated heterocycles. The summed E-state index contributed by atoms with van der Waals surface area (Å²) < 4.78 is 10.7. The van der Waals surface area contributed by atoms with Crippen molar-refractivity contribution >= 4 is 22.7 Å². The first-order valence-electron chi connectivity index (χ1n) is 9.07. The van der Waals surface area contributed by atoms with E-state index in [0.717, 1.165) is 22.0 Å². The Kier molecular flexibility index (Phi) is 6.19. The molecule has 7 heteroatoms. The van der Waals surface area contributed by atoms with Crippen LogP contribution in [0.4, 0.5) is 0 Å². The van der Waals surface area contributed by atoms with Crippen molar-refractivity contribution in [1.82, 2.24) is 15.8 Å². The molecule has 0 aliphatic heterocycles. The van der Waals surface area contributed by atoms with Gasteiger partial charge in [0.1, 0.15) is 0 Å². The van der Waals surface area contributed by atoms with E-state index in [4.69, 9.17) is 9.47 Å². The number of allylic oxidation sites excluding steroid dienone is 1. The summed E-state index contributed by atoms with van der Waals surface area (Å²) in [6.07, 6.45) is 4.15. The van der Waals surface area contributed by atoms with Crippen molar-refractivity contribution in [2.75, 3.05) is 14.2 Å². The molecule has 0 aliphatic carbocycles. The minimum absolute atomic E-state index is 0.137. The van der Waals surface area contributed by atoms with Crippen molar-refractivity contribution in [2.45, 2.75) is 12.8 Å². The molecular weight excluding hydrogens is 370 g/mol. The van der Waals surface area contributed by atoms with Gasteiger partial charge < -0.3 is 14.5 Å². The molecule has 0 atom stereocenters. The second kappa shape index (κ2) is 8.97. The fourth-order valence-corrected chi connectivity index (χ4v) is 3.18. The molecule has 1 aromatic heterocycles. The zero-order chi connectivity index (χ0) is 20.8. The zero-order valence-corrected chi connectivity index (χ0v) is 16.4. The number of nitrogens with one attached hydrogen (secondary N) is 3. The molecule has 0 saturated carbocycles. The number of aromatic nitrogens is 1. The van der Waals surface area contributed by atoms with Crippen LogP contribution in [0.25, 0.3) is 10.9 Å². The van der Waals surface area contributed by atoms with E-state index in [1.54, 1.807) is 24.4 Å². The Labute approximate surface area is 168 Å². The third-order valence-corrected chi connectivity index (χ3v) is 4.52. The summed E-state index contributed by atoms with van der Waals surface area (Å²) in [5.74, 6) is 0.202. The Morgan fingerprint density at radius 1 is 1.10 bits per heavy atom. The van der Waals surface area contributed by atoms with Crippen LogP contribution in [0.5, 0.6) is 11.5 Å². The van der Waals surface area contributed by atoms with Crippen molar-refractivity contribution in [2.24, 2.45) is 0 Å². The van der Waals surface area contributed by atoms with Gasteiger partial charge in [-0.3, -0.25) is 20.4 Å². The number of amides is 2. The lowest BCUT2D eigenvalue weighted by Gasteiger charge is -2.14. The predicted octanol–water partition coefficient (Wildman–Crippen LogP) is 2.92. The summed E-state index contributed by atoms with van der Waals surface area (Å²) >= 11 is 0. The van der Waals surface area contributed by atoms with Gasteiger partial charge in [0.15, 0.2) is 11.5 Å².